The molecule has 1 amide bonds. The summed E-state index contributed by atoms with van der Waals surface area (Å²) in [6, 6.07) is 9.81. The van der Waals surface area contributed by atoms with Crippen LogP contribution >= 0.6 is 0 Å². The Morgan fingerprint density at radius 1 is 1.42 bits per heavy atom. The predicted molar refractivity (Wildman–Crippen MR) is 76.2 cm³/mol. The van der Waals surface area contributed by atoms with Gasteiger partial charge in [-0.3, -0.25) is 4.79 Å². The minimum absolute atomic E-state index is 0.147. The second-order valence-electron chi connectivity index (χ2n) is 4.78. The molecule has 1 N–H and O–H groups in total. The molecule has 4 nitrogen and oxygen atoms in total. The van der Waals surface area contributed by atoms with E-state index in [9.17, 15) is 4.79 Å². The van der Waals surface area contributed by atoms with E-state index in [2.05, 4.69) is 5.32 Å². The maximum Gasteiger partial charge on any atom is 0.241 e. The number of benzene rings is 1. The molecule has 1 aliphatic rings. The molecule has 1 heterocycles. The van der Waals surface area contributed by atoms with Crippen LogP contribution in [0.15, 0.2) is 30.3 Å². The van der Waals surface area contributed by atoms with Crippen molar-refractivity contribution in [2.24, 2.45) is 0 Å². The van der Waals surface area contributed by atoms with Gasteiger partial charge in [0, 0.05) is 25.4 Å². The normalized spacial score (nSPS) is 19.2. The van der Waals surface area contributed by atoms with E-state index in [1.807, 2.05) is 42.2 Å². The number of ether oxygens (including phenoxy) is 1. The SMILES string of the molecule is CCOC1CCCN(C(=O)CNc2ccccc2)C1. The third-order valence-electron chi connectivity index (χ3n) is 3.35. The molecule has 1 atom stereocenters. The van der Waals surface area contributed by atoms with Crippen molar-refractivity contribution in [3.63, 3.8) is 0 Å². The average Bonchev–Trinajstić information content (AvgIpc) is 2.46. The maximum absolute atomic E-state index is 12.1. The summed E-state index contributed by atoms with van der Waals surface area (Å²) in [4.78, 5) is 14.0. The van der Waals surface area contributed by atoms with Crippen molar-refractivity contribution in [2.45, 2.75) is 25.9 Å². The Bertz CT molecular complexity index is 392. The number of likely N-dealkylation sites (tertiary alicyclic amines) is 1. The molecule has 1 saturated heterocycles. The first-order valence-corrected chi connectivity index (χ1v) is 6.98. The first-order chi connectivity index (χ1) is 9.29. The Hall–Kier alpha value is -1.55. The highest BCUT2D eigenvalue weighted by molar-refractivity contribution is 5.81. The van der Waals surface area contributed by atoms with Gasteiger partial charge < -0.3 is 15.0 Å². The minimum Gasteiger partial charge on any atom is -0.377 e. The lowest BCUT2D eigenvalue weighted by atomic mass is 10.1. The van der Waals surface area contributed by atoms with E-state index in [0.29, 0.717) is 6.54 Å². The molecule has 0 aromatic heterocycles. The predicted octanol–water partition coefficient (Wildman–Crippen LogP) is 2.13. The molecule has 0 saturated carbocycles. The van der Waals surface area contributed by atoms with Crippen LogP contribution in [0.1, 0.15) is 19.8 Å². The van der Waals surface area contributed by atoms with Gasteiger partial charge in [-0.15, -0.1) is 0 Å². The van der Waals surface area contributed by atoms with E-state index in [0.717, 1.165) is 38.2 Å². The molecule has 0 bridgehead atoms. The highest BCUT2D eigenvalue weighted by Crippen LogP contribution is 2.13. The summed E-state index contributed by atoms with van der Waals surface area (Å²) in [5, 5.41) is 3.16. The Balaban J connectivity index is 1.79. The van der Waals surface area contributed by atoms with E-state index in [1.165, 1.54) is 0 Å². The number of anilines is 1. The standard InChI is InChI=1S/C15H22N2O2/c1-2-19-14-9-6-10-17(12-14)15(18)11-16-13-7-4-3-5-8-13/h3-5,7-8,14,16H,2,6,9-12H2,1H3. The summed E-state index contributed by atoms with van der Waals surface area (Å²) in [6.07, 6.45) is 2.30. The van der Waals surface area contributed by atoms with E-state index in [1.54, 1.807) is 0 Å². The molecular weight excluding hydrogens is 240 g/mol. The largest absolute Gasteiger partial charge is 0.377 e. The maximum atomic E-state index is 12.1. The molecule has 4 heteroatoms. The first kappa shape index (κ1) is 13.9. The van der Waals surface area contributed by atoms with Gasteiger partial charge >= 0.3 is 0 Å². The Kier molecular flexibility index (Phi) is 5.21. The zero-order chi connectivity index (χ0) is 13.5. The van der Waals surface area contributed by atoms with Crippen LogP contribution in [0.4, 0.5) is 5.69 Å². The number of amides is 1. The van der Waals surface area contributed by atoms with Gasteiger partial charge in [0.05, 0.1) is 12.6 Å². The number of carbonyl (C=O) groups is 1. The zero-order valence-corrected chi connectivity index (χ0v) is 11.5. The molecule has 19 heavy (non-hydrogen) atoms. The van der Waals surface area contributed by atoms with Gasteiger partial charge in [-0.05, 0) is 31.9 Å². The Morgan fingerprint density at radius 3 is 2.95 bits per heavy atom. The topological polar surface area (TPSA) is 41.6 Å². The van der Waals surface area contributed by atoms with Crippen LogP contribution in [0.5, 0.6) is 0 Å². The second-order valence-corrected chi connectivity index (χ2v) is 4.78. The minimum atomic E-state index is 0.147. The zero-order valence-electron chi connectivity index (χ0n) is 11.5. The molecule has 104 valence electrons. The van der Waals surface area contributed by atoms with Crippen molar-refractivity contribution >= 4 is 11.6 Å². The number of rotatable bonds is 5. The molecule has 0 radical (unpaired) electrons. The van der Waals surface area contributed by atoms with Crippen LogP contribution in [0, 0.1) is 0 Å². The van der Waals surface area contributed by atoms with E-state index in [-0.39, 0.29) is 12.0 Å². The monoisotopic (exact) mass is 262 g/mol. The fourth-order valence-corrected chi connectivity index (χ4v) is 2.38. The number of hydrogen-bond acceptors (Lipinski definition) is 3. The smallest absolute Gasteiger partial charge is 0.241 e. The van der Waals surface area contributed by atoms with Gasteiger partial charge in [0.1, 0.15) is 0 Å². The summed E-state index contributed by atoms with van der Waals surface area (Å²) in [5.74, 6) is 0.147. The third kappa shape index (κ3) is 4.24. The molecule has 1 unspecified atom stereocenters. The van der Waals surface area contributed by atoms with Gasteiger partial charge in [-0.1, -0.05) is 18.2 Å². The van der Waals surface area contributed by atoms with Crippen LogP contribution in [0.2, 0.25) is 0 Å². The van der Waals surface area contributed by atoms with Crippen molar-refractivity contribution in [3.8, 4) is 0 Å². The summed E-state index contributed by atoms with van der Waals surface area (Å²) in [7, 11) is 0. The van der Waals surface area contributed by atoms with Crippen LogP contribution in [-0.4, -0.2) is 43.2 Å². The average molecular weight is 262 g/mol. The van der Waals surface area contributed by atoms with Gasteiger partial charge in [0.25, 0.3) is 0 Å². The van der Waals surface area contributed by atoms with Gasteiger partial charge in [0.2, 0.25) is 5.91 Å². The van der Waals surface area contributed by atoms with Crippen LogP contribution in [0.25, 0.3) is 0 Å². The van der Waals surface area contributed by atoms with Gasteiger partial charge in [-0.2, -0.15) is 0 Å². The Labute approximate surface area is 114 Å². The van der Waals surface area contributed by atoms with Crippen LogP contribution < -0.4 is 5.32 Å². The van der Waals surface area contributed by atoms with E-state index in [4.69, 9.17) is 4.74 Å². The fourth-order valence-electron chi connectivity index (χ4n) is 2.38. The second kappa shape index (κ2) is 7.14. The van der Waals surface area contributed by atoms with Crippen LogP contribution in [0.3, 0.4) is 0 Å². The van der Waals surface area contributed by atoms with E-state index >= 15 is 0 Å². The summed E-state index contributed by atoms with van der Waals surface area (Å²) < 4.78 is 5.61. The lowest BCUT2D eigenvalue weighted by Gasteiger charge is -2.32. The number of piperidine rings is 1. The summed E-state index contributed by atoms with van der Waals surface area (Å²) in [5.41, 5.74) is 0.981. The molecule has 1 aromatic rings. The first-order valence-electron chi connectivity index (χ1n) is 6.98. The van der Waals surface area contributed by atoms with E-state index < -0.39 is 0 Å². The number of nitrogens with zero attached hydrogens (tertiary/aromatic N) is 1. The van der Waals surface area contributed by atoms with Crippen LogP contribution in [-0.2, 0) is 9.53 Å². The summed E-state index contributed by atoms with van der Waals surface area (Å²) >= 11 is 0. The fraction of sp³-hybridized carbons (Fsp3) is 0.533. The number of para-hydroxylation sites is 1. The van der Waals surface area contributed by atoms with Crippen molar-refractivity contribution in [1.82, 2.24) is 4.90 Å². The Morgan fingerprint density at radius 2 is 2.21 bits per heavy atom. The lowest BCUT2D eigenvalue weighted by Crippen LogP contribution is -2.45. The molecule has 0 aliphatic carbocycles. The molecule has 0 spiro atoms. The highest BCUT2D eigenvalue weighted by Gasteiger charge is 2.23. The molecule has 1 aromatic carbocycles. The number of hydrogen-bond donors (Lipinski definition) is 1. The highest BCUT2D eigenvalue weighted by atomic mass is 16.5. The number of nitrogens with one attached hydrogen (secondary N) is 1. The van der Waals surface area contributed by atoms with Gasteiger partial charge in [-0.25, -0.2) is 0 Å². The van der Waals surface area contributed by atoms with Crippen molar-refractivity contribution in [1.29, 1.82) is 0 Å². The van der Waals surface area contributed by atoms with Crippen molar-refractivity contribution in [2.75, 3.05) is 31.6 Å². The molecular formula is C15H22N2O2. The quantitative estimate of drug-likeness (QED) is 0.884. The van der Waals surface area contributed by atoms with Crippen molar-refractivity contribution < 1.29 is 9.53 Å². The number of carbonyl (C=O) groups excluding carboxylic acids is 1. The van der Waals surface area contributed by atoms with Crippen molar-refractivity contribution in [3.05, 3.63) is 30.3 Å². The lowest BCUT2D eigenvalue weighted by molar-refractivity contribution is -0.133. The third-order valence-corrected chi connectivity index (χ3v) is 3.35. The molecule has 1 fully saturated rings. The molecule has 1 aliphatic heterocycles. The van der Waals surface area contributed by atoms with Gasteiger partial charge in [0.15, 0.2) is 0 Å². The summed E-state index contributed by atoms with van der Waals surface area (Å²) in [6.45, 7) is 4.64. The molecule has 2 rings (SSSR count).